The van der Waals surface area contributed by atoms with Crippen molar-refractivity contribution in [1.82, 2.24) is 4.98 Å². The third-order valence-electron chi connectivity index (χ3n) is 5.48. The Morgan fingerprint density at radius 3 is 2.23 bits per heavy atom. The summed E-state index contributed by atoms with van der Waals surface area (Å²) in [6.45, 7) is 4.47. The minimum atomic E-state index is -0.363. The monoisotopic (exact) mass is 420 g/mol. The van der Waals surface area contributed by atoms with Crippen molar-refractivity contribution in [2.75, 3.05) is 7.11 Å². The first-order chi connectivity index (χ1) is 14.9. The topological polar surface area (TPSA) is 94.7 Å². The first-order valence-electron chi connectivity index (χ1n) is 10.2. The molecule has 3 rings (SSSR count). The van der Waals surface area contributed by atoms with E-state index in [1.165, 1.54) is 7.11 Å². The zero-order valence-electron chi connectivity index (χ0n) is 18.1. The number of rotatable bonds is 9. The molecule has 0 unspecified atom stereocenters. The van der Waals surface area contributed by atoms with Gasteiger partial charge in [-0.2, -0.15) is 4.98 Å². The second kappa shape index (κ2) is 10.1. The van der Waals surface area contributed by atoms with Crippen molar-refractivity contribution in [2.45, 2.75) is 39.9 Å². The van der Waals surface area contributed by atoms with Gasteiger partial charge in [-0.3, -0.25) is 4.79 Å². The Balaban J connectivity index is 1.80. The van der Waals surface area contributed by atoms with Crippen molar-refractivity contribution in [3.8, 4) is 22.9 Å². The normalized spacial score (nSPS) is 10.7. The van der Waals surface area contributed by atoms with E-state index in [1.54, 1.807) is 6.07 Å². The number of aliphatic hydroxyl groups is 1. The molecule has 0 saturated heterocycles. The first kappa shape index (κ1) is 22.3. The Morgan fingerprint density at radius 2 is 1.61 bits per heavy atom. The maximum absolute atomic E-state index is 11.0. The summed E-state index contributed by atoms with van der Waals surface area (Å²) in [4.78, 5) is 15.4. The van der Waals surface area contributed by atoms with Crippen molar-refractivity contribution in [3.63, 3.8) is 0 Å². The molecule has 0 aliphatic carbocycles. The predicted molar refractivity (Wildman–Crippen MR) is 120 cm³/mol. The van der Waals surface area contributed by atoms with Crippen LogP contribution in [0.1, 0.15) is 34.2 Å². The number of pyridine rings is 1. The summed E-state index contributed by atoms with van der Waals surface area (Å²) in [5.41, 5.74) is 12.4. The predicted octanol–water partition coefficient (Wildman–Crippen LogP) is 3.86. The molecule has 6 nitrogen and oxygen atoms in total. The number of primary amides is 1. The van der Waals surface area contributed by atoms with Gasteiger partial charge in [-0.15, -0.1) is 0 Å². The van der Waals surface area contributed by atoms with E-state index in [2.05, 4.69) is 24.0 Å². The number of methoxy groups -OCH3 is 1. The standard InChI is InChI=1S/C25H28N2O4/c1-16-19(14-28)6-4-8-21(16)22-9-5-7-20(17(22)2)15-31-24-13-11-18(10-12-23(26)29)25(27-24)30-3/h4-9,11,13,28H,10,12,14-15H2,1-3H3,(H2,26,29). The van der Waals surface area contributed by atoms with Crippen molar-refractivity contribution < 1.29 is 19.4 Å². The molecule has 0 spiro atoms. The number of hydrogen-bond acceptors (Lipinski definition) is 5. The Morgan fingerprint density at radius 1 is 0.968 bits per heavy atom. The van der Waals surface area contributed by atoms with Crippen LogP contribution in [-0.4, -0.2) is 23.1 Å². The summed E-state index contributed by atoms with van der Waals surface area (Å²) in [5, 5.41) is 9.59. The summed E-state index contributed by atoms with van der Waals surface area (Å²) in [5.74, 6) is 0.515. The molecule has 0 aliphatic heterocycles. The van der Waals surface area contributed by atoms with E-state index in [0.717, 1.165) is 38.9 Å². The Hall–Kier alpha value is -3.38. The van der Waals surface area contributed by atoms with Crippen molar-refractivity contribution in [1.29, 1.82) is 0 Å². The van der Waals surface area contributed by atoms with Crippen molar-refractivity contribution in [3.05, 3.63) is 76.3 Å². The summed E-state index contributed by atoms with van der Waals surface area (Å²) in [6, 6.07) is 15.7. The molecule has 3 aromatic rings. The number of aliphatic hydroxyl groups excluding tert-OH is 1. The van der Waals surface area contributed by atoms with Gasteiger partial charge in [-0.25, -0.2) is 0 Å². The number of nitrogens with two attached hydrogens (primary N) is 1. The third kappa shape index (κ3) is 5.22. The van der Waals surface area contributed by atoms with Gasteiger partial charge in [0.2, 0.25) is 17.7 Å². The van der Waals surface area contributed by atoms with Gasteiger partial charge >= 0.3 is 0 Å². The van der Waals surface area contributed by atoms with E-state index in [0.29, 0.717) is 24.8 Å². The third-order valence-corrected chi connectivity index (χ3v) is 5.48. The molecule has 1 amide bonds. The molecular weight excluding hydrogens is 392 g/mol. The Bertz CT molecular complexity index is 1080. The lowest BCUT2D eigenvalue weighted by Crippen LogP contribution is -2.11. The Labute approximate surface area is 182 Å². The van der Waals surface area contributed by atoms with E-state index >= 15 is 0 Å². The quantitative estimate of drug-likeness (QED) is 0.548. The molecule has 1 aromatic heterocycles. The lowest BCUT2D eigenvalue weighted by molar-refractivity contribution is -0.117. The van der Waals surface area contributed by atoms with Gasteiger partial charge in [0.05, 0.1) is 13.7 Å². The average Bonchev–Trinajstić information content (AvgIpc) is 2.77. The summed E-state index contributed by atoms with van der Waals surface area (Å²) < 4.78 is 11.3. The molecule has 162 valence electrons. The molecule has 31 heavy (non-hydrogen) atoms. The molecule has 0 saturated carbocycles. The van der Waals surface area contributed by atoms with E-state index < -0.39 is 0 Å². The highest BCUT2D eigenvalue weighted by Crippen LogP contribution is 2.31. The second-order valence-corrected chi connectivity index (χ2v) is 7.41. The zero-order chi connectivity index (χ0) is 22.4. The minimum Gasteiger partial charge on any atom is -0.481 e. The SMILES string of the molecule is COc1nc(OCc2cccc(-c3cccc(CO)c3C)c2C)ccc1CCC(N)=O. The van der Waals surface area contributed by atoms with Gasteiger partial charge in [-0.1, -0.05) is 36.4 Å². The minimum absolute atomic E-state index is 0.0183. The van der Waals surface area contributed by atoms with Gasteiger partial charge in [0.1, 0.15) is 6.61 Å². The molecule has 0 bridgehead atoms. The van der Waals surface area contributed by atoms with Gasteiger partial charge in [-0.05, 0) is 59.7 Å². The lowest BCUT2D eigenvalue weighted by Gasteiger charge is -2.16. The number of ether oxygens (including phenoxy) is 2. The number of aromatic nitrogens is 1. The fourth-order valence-corrected chi connectivity index (χ4v) is 3.59. The van der Waals surface area contributed by atoms with Crippen LogP contribution in [0.4, 0.5) is 0 Å². The van der Waals surface area contributed by atoms with Crippen LogP contribution in [-0.2, 0) is 24.4 Å². The van der Waals surface area contributed by atoms with Gasteiger partial charge in [0, 0.05) is 18.1 Å². The van der Waals surface area contributed by atoms with Crippen molar-refractivity contribution in [2.24, 2.45) is 5.73 Å². The fraction of sp³-hybridized carbons (Fsp3) is 0.280. The van der Waals surface area contributed by atoms with Crippen LogP contribution in [0.5, 0.6) is 11.8 Å². The molecule has 6 heteroatoms. The van der Waals surface area contributed by atoms with E-state index in [-0.39, 0.29) is 18.9 Å². The number of benzene rings is 2. The second-order valence-electron chi connectivity index (χ2n) is 7.41. The number of hydrogen-bond donors (Lipinski definition) is 2. The fourth-order valence-electron chi connectivity index (χ4n) is 3.59. The number of carbonyl (C=O) groups is 1. The maximum atomic E-state index is 11.0. The summed E-state index contributed by atoms with van der Waals surface area (Å²) >= 11 is 0. The molecule has 2 aromatic carbocycles. The smallest absolute Gasteiger partial charge is 0.219 e. The van der Waals surface area contributed by atoms with Gasteiger partial charge in [0.25, 0.3) is 0 Å². The average molecular weight is 421 g/mol. The molecule has 3 N–H and O–H groups in total. The largest absolute Gasteiger partial charge is 0.481 e. The molecule has 0 atom stereocenters. The van der Waals surface area contributed by atoms with Crippen LogP contribution >= 0.6 is 0 Å². The van der Waals surface area contributed by atoms with E-state index in [1.807, 2.05) is 37.3 Å². The van der Waals surface area contributed by atoms with Crippen LogP contribution in [0.15, 0.2) is 48.5 Å². The highest BCUT2D eigenvalue weighted by Gasteiger charge is 2.12. The van der Waals surface area contributed by atoms with E-state index in [9.17, 15) is 9.90 Å². The Kier molecular flexibility index (Phi) is 7.26. The van der Waals surface area contributed by atoms with Crippen molar-refractivity contribution >= 4 is 5.91 Å². The number of nitrogens with zero attached hydrogens (tertiary/aromatic N) is 1. The zero-order valence-corrected chi connectivity index (χ0v) is 18.1. The number of amides is 1. The van der Waals surface area contributed by atoms with Crippen LogP contribution in [0.25, 0.3) is 11.1 Å². The number of carbonyl (C=O) groups excluding carboxylic acids is 1. The number of aryl methyl sites for hydroxylation is 1. The van der Waals surface area contributed by atoms with Gasteiger partial charge < -0.3 is 20.3 Å². The molecular formula is C25H28N2O4. The highest BCUT2D eigenvalue weighted by atomic mass is 16.5. The summed E-state index contributed by atoms with van der Waals surface area (Å²) in [7, 11) is 1.54. The van der Waals surface area contributed by atoms with Crippen LogP contribution in [0.3, 0.4) is 0 Å². The molecule has 1 heterocycles. The van der Waals surface area contributed by atoms with Crippen LogP contribution in [0.2, 0.25) is 0 Å². The lowest BCUT2D eigenvalue weighted by atomic mass is 9.92. The molecule has 0 radical (unpaired) electrons. The van der Waals surface area contributed by atoms with Gasteiger partial charge in [0.15, 0.2) is 0 Å². The van der Waals surface area contributed by atoms with Crippen LogP contribution < -0.4 is 15.2 Å². The molecule has 0 fully saturated rings. The maximum Gasteiger partial charge on any atom is 0.219 e. The van der Waals surface area contributed by atoms with E-state index in [4.69, 9.17) is 15.2 Å². The highest BCUT2D eigenvalue weighted by molar-refractivity contribution is 5.74. The molecule has 0 aliphatic rings. The van der Waals surface area contributed by atoms with Crippen LogP contribution in [0, 0.1) is 13.8 Å². The first-order valence-corrected chi connectivity index (χ1v) is 10.2. The summed E-state index contributed by atoms with van der Waals surface area (Å²) in [6.07, 6.45) is 0.709.